The van der Waals surface area contributed by atoms with Crippen molar-refractivity contribution in [1.82, 2.24) is 9.62 Å². The minimum Gasteiger partial charge on any atom is -0.352 e. The highest BCUT2D eigenvalue weighted by Gasteiger charge is 2.33. The Morgan fingerprint density at radius 3 is 2.45 bits per heavy atom. The van der Waals surface area contributed by atoms with Gasteiger partial charge >= 0.3 is 0 Å². The molecule has 1 N–H and O–H groups in total. The molecule has 1 atom stereocenters. The number of hydrogen-bond donors (Lipinski definition) is 1. The van der Waals surface area contributed by atoms with Crippen molar-refractivity contribution in [2.24, 2.45) is 0 Å². The number of nitrogens with zero attached hydrogens (tertiary/aromatic N) is 1. The summed E-state index contributed by atoms with van der Waals surface area (Å²) in [6.07, 6.45) is 3.32. The largest absolute Gasteiger partial charge is 0.352 e. The Bertz CT molecular complexity index is 968. The second-order valence-electron chi connectivity index (χ2n) is 7.92. The SMILES string of the molecule is Cc1ccc(S(=O)(=O)N2CCCCC2CCNC(=O)c2ccc(C)c(C)c2)cc1. The van der Waals surface area contributed by atoms with Crippen molar-refractivity contribution in [1.29, 1.82) is 0 Å². The first-order chi connectivity index (χ1) is 13.8. The van der Waals surface area contributed by atoms with Crippen LogP contribution in [0.5, 0.6) is 0 Å². The van der Waals surface area contributed by atoms with Crippen LogP contribution in [0.2, 0.25) is 0 Å². The molecule has 0 radical (unpaired) electrons. The molecule has 1 heterocycles. The van der Waals surface area contributed by atoms with E-state index in [1.54, 1.807) is 16.4 Å². The number of rotatable bonds is 6. The van der Waals surface area contributed by atoms with Gasteiger partial charge in [-0.2, -0.15) is 4.31 Å². The van der Waals surface area contributed by atoms with Crippen LogP contribution < -0.4 is 5.32 Å². The molecule has 0 saturated carbocycles. The van der Waals surface area contributed by atoms with Gasteiger partial charge in [-0.25, -0.2) is 8.42 Å². The zero-order chi connectivity index (χ0) is 21.0. The molecule has 0 bridgehead atoms. The summed E-state index contributed by atoms with van der Waals surface area (Å²) in [5, 5.41) is 2.95. The van der Waals surface area contributed by atoms with Crippen molar-refractivity contribution < 1.29 is 13.2 Å². The van der Waals surface area contributed by atoms with Gasteiger partial charge in [0, 0.05) is 24.7 Å². The van der Waals surface area contributed by atoms with E-state index in [4.69, 9.17) is 0 Å². The van der Waals surface area contributed by atoms with Gasteiger partial charge in [-0.1, -0.05) is 30.2 Å². The number of sulfonamides is 1. The molecular weight excluding hydrogens is 384 g/mol. The van der Waals surface area contributed by atoms with E-state index in [0.29, 0.717) is 30.0 Å². The lowest BCUT2D eigenvalue weighted by Gasteiger charge is -2.34. The highest BCUT2D eigenvalue weighted by Crippen LogP contribution is 2.27. The van der Waals surface area contributed by atoms with E-state index in [1.165, 1.54) is 0 Å². The van der Waals surface area contributed by atoms with Crippen LogP contribution in [0.1, 0.15) is 52.7 Å². The van der Waals surface area contributed by atoms with Gasteiger partial charge in [0.1, 0.15) is 0 Å². The number of carbonyl (C=O) groups excluding carboxylic acids is 1. The quantitative estimate of drug-likeness (QED) is 0.778. The zero-order valence-corrected chi connectivity index (χ0v) is 18.3. The molecule has 3 rings (SSSR count). The summed E-state index contributed by atoms with van der Waals surface area (Å²) in [6.45, 7) is 6.94. The van der Waals surface area contributed by atoms with Crippen LogP contribution in [0.25, 0.3) is 0 Å². The molecule has 0 aliphatic carbocycles. The number of hydrogen-bond acceptors (Lipinski definition) is 3. The smallest absolute Gasteiger partial charge is 0.251 e. The Hall–Kier alpha value is -2.18. The molecule has 6 heteroatoms. The van der Waals surface area contributed by atoms with Crippen LogP contribution >= 0.6 is 0 Å². The summed E-state index contributed by atoms with van der Waals surface area (Å²) in [6, 6.07) is 12.6. The molecule has 1 aliphatic heterocycles. The third-order valence-electron chi connectivity index (χ3n) is 5.73. The monoisotopic (exact) mass is 414 g/mol. The molecule has 1 amide bonds. The fourth-order valence-corrected chi connectivity index (χ4v) is 5.49. The van der Waals surface area contributed by atoms with Gasteiger partial charge in [0.25, 0.3) is 5.91 Å². The predicted octanol–water partition coefficient (Wildman–Crippen LogP) is 3.98. The Labute approximate surface area is 174 Å². The first-order valence-corrected chi connectivity index (χ1v) is 11.7. The van der Waals surface area contributed by atoms with Crippen LogP contribution in [0.3, 0.4) is 0 Å². The summed E-state index contributed by atoms with van der Waals surface area (Å²) >= 11 is 0. The Morgan fingerprint density at radius 1 is 1.03 bits per heavy atom. The van der Waals surface area contributed by atoms with E-state index in [1.807, 2.05) is 51.1 Å². The summed E-state index contributed by atoms with van der Waals surface area (Å²) in [5.41, 5.74) is 3.91. The van der Waals surface area contributed by atoms with Gasteiger partial charge in [0.2, 0.25) is 10.0 Å². The van der Waals surface area contributed by atoms with E-state index < -0.39 is 10.0 Å². The maximum absolute atomic E-state index is 13.1. The summed E-state index contributed by atoms with van der Waals surface area (Å²) in [7, 11) is -3.52. The Balaban J connectivity index is 1.65. The molecule has 5 nitrogen and oxygen atoms in total. The normalized spacial score (nSPS) is 17.8. The minimum absolute atomic E-state index is 0.0879. The fourth-order valence-electron chi connectivity index (χ4n) is 3.76. The van der Waals surface area contributed by atoms with Crippen molar-refractivity contribution in [3.8, 4) is 0 Å². The Kier molecular flexibility index (Phi) is 6.75. The molecule has 1 fully saturated rings. The second-order valence-corrected chi connectivity index (χ2v) is 9.81. The number of nitrogens with one attached hydrogen (secondary N) is 1. The van der Waals surface area contributed by atoms with Crippen molar-refractivity contribution >= 4 is 15.9 Å². The van der Waals surface area contributed by atoms with Crippen LogP contribution in [-0.4, -0.2) is 37.8 Å². The predicted molar refractivity (Wildman–Crippen MR) is 116 cm³/mol. The molecule has 2 aromatic rings. The van der Waals surface area contributed by atoms with Gasteiger partial charge in [0.15, 0.2) is 0 Å². The van der Waals surface area contributed by atoms with Crippen LogP contribution in [0.4, 0.5) is 0 Å². The van der Waals surface area contributed by atoms with Crippen molar-refractivity contribution in [3.05, 3.63) is 64.7 Å². The van der Waals surface area contributed by atoms with E-state index in [9.17, 15) is 13.2 Å². The van der Waals surface area contributed by atoms with Gasteiger partial charge in [-0.3, -0.25) is 4.79 Å². The van der Waals surface area contributed by atoms with Crippen LogP contribution in [-0.2, 0) is 10.0 Å². The minimum atomic E-state index is -3.52. The molecule has 0 spiro atoms. The van der Waals surface area contributed by atoms with Gasteiger partial charge < -0.3 is 5.32 Å². The molecule has 1 unspecified atom stereocenters. The molecule has 29 heavy (non-hydrogen) atoms. The summed E-state index contributed by atoms with van der Waals surface area (Å²) < 4.78 is 27.9. The third-order valence-corrected chi connectivity index (χ3v) is 7.70. The molecule has 1 saturated heterocycles. The average molecular weight is 415 g/mol. The summed E-state index contributed by atoms with van der Waals surface area (Å²) in [5.74, 6) is -0.114. The summed E-state index contributed by atoms with van der Waals surface area (Å²) in [4.78, 5) is 12.8. The maximum atomic E-state index is 13.1. The topological polar surface area (TPSA) is 66.5 Å². The highest BCUT2D eigenvalue weighted by atomic mass is 32.2. The maximum Gasteiger partial charge on any atom is 0.251 e. The van der Waals surface area contributed by atoms with Crippen molar-refractivity contribution in [2.75, 3.05) is 13.1 Å². The van der Waals surface area contributed by atoms with E-state index in [-0.39, 0.29) is 11.9 Å². The molecular formula is C23H30N2O3S. The van der Waals surface area contributed by atoms with Gasteiger partial charge in [0.05, 0.1) is 4.90 Å². The molecule has 1 aliphatic rings. The van der Waals surface area contributed by atoms with Crippen LogP contribution in [0.15, 0.2) is 47.4 Å². The number of amides is 1. The van der Waals surface area contributed by atoms with E-state index >= 15 is 0 Å². The molecule has 0 aromatic heterocycles. The molecule has 2 aromatic carbocycles. The van der Waals surface area contributed by atoms with Crippen molar-refractivity contribution in [2.45, 2.75) is 57.4 Å². The first-order valence-electron chi connectivity index (χ1n) is 10.2. The zero-order valence-electron chi connectivity index (χ0n) is 17.4. The number of benzene rings is 2. The highest BCUT2D eigenvalue weighted by molar-refractivity contribution is 7.89. The number of piperidine rings is 1. The lowest BCUT2D eigenvalue weighted by molar-refractivity contribution is 0.0949. The second kappa shape index (κ2) is 9.09. The lowest BCUT2D eigenvalue weighted by atomic mass is 10.0. The number of carbonyl (C=O) groups is 1. The van der Waals surface area contributed by atoms with Gasteiger partial charge in [-0.15, -0.1) is 0 Å². The number of aryl methyl sites for hydroxylation is 3. The van der Waals surface area contributed by atoms with Crippen molar-refractivity contribution in [3.63, 3.8) is 0 Å². The standard InChI is InChI=1S/C23H30N2O3S/c1-17-7-11-22(12-8-17)29(27,28)25-15-5-4-6-21(25)13-14-24-23(26)20-10-9-18(2)19(3)16-20/h7-12,16,21H,4-6,13-15H2,1-3H3,(H,24,26). The average Bonchev–Trinajstić information content (AvgIpc) is 2.70. The third kappa shape index (κ3) is 5.06. The van der Waals surface area contributed by atoms with E-state index in [2.05, 4.69) is 5.32 Å². The lowest BCUT2D eigenvalue weighted by Crippen LogP contribution is -2.45. The molecule has 156 valence electrons. The van der Waals surface area contributed by atoms with E-state index in [0.717, 1.165) is 36.0 Å². The Morgan fingerprint density at radius 2 is 1.76 bits per heavy atom. The van der Waals surface area contributed by atoms with Crippen LogP contribution in [0, 0.1) is 20.8 Å². The fraction of sp³-hybridized carbons (Fsp3) is 0.435. The first kappa shape index (κ1) is 21.5. The van der Waals surface area contributed by atoms with Gasteiger partial charge in [-0.05, 0) is 75.4 Å².